The van der Waals surface area contributed by atoms with Crippen LogP contribution in [0, 0.1) is 6.92 Å². The minimum atomic E-state index is -1.35. The van der Waals surface area contributed by atoms with E-state index in [0.29, 0.717) is 11.5 Å². The Morgan fingerprint density at radius 3 is 2.47 bits per heavy atom. The molecule has 0 bridgehead atoms. The van der Waals surface area contributed by atoms with E-state index >= 15 is 0 Å². The predicted octanol–water partition coefficient (Wildman–Crippen LogP) is 3.00. The van der Waals surface area contributed by atoms with Crippen LogP contribution in [-0.2, 0) is 15.3 Å². The van der Waals surface area contributed by atoms with Gasteiger partial charge >= 0.3 is 0 Å². The molecule has 0 aliphatic heterocycles. The van der Waals surface area contributed by atoms with Gasteiger partial charge in [0.05, 0.1) is 11.5 Å². The van der Waals surface area contributed by atoms with Crippen molar-refractivity contribution < 1.29 is 8.39 Å². The fourth-order valence-electron chi connectivity index (χ4n) is 0.980. The first-order chi connectivity index (χ1) is 7.09. The second-order valence-corrected chi connectivity index (χ2v) is 4.79. The summed E-state index contributed by atoms with van der Waals surface area (Å²) in [5.41, 5.74) is 2.32. The summed E-state index contributed by atoms with van der Waals surface area (Å²) in [5.74, 6) is 0. The minimum Gasteiger partial charge on any atom is -0.283 e. The van der Waals surface area contributed by atoms with E-state index in [1.165, 1.54) is 0 Å². The zero-order valence-electron chi connectivity index (χ0n) is 9.32. The fourth-order valence-corrected chi connectivity index (χ4v) is 1.67. The molecular formula is C12H16O2S. The molecule has 0 spiro atoms. The van der Waals surface area contributed by atoms with Crippen molar-refractivity contribution in [3.8, 4) is 0 Å². The zero-order chi connectivity index (χ0) is 11.3. The highest BCUT2D eigenvalue weighted by Crippen LogP contribution is 2.09. The molecule has 15 heavy (non-hydrogen) atoms. The van der Waals surface area contributed by atoms with Gasteiger partial charge in [-0.25, -0.2) is 4.21 Å². The lowest BCUT2D eigenvalue weighted by molar-refractivity contribution is 0.394. The molecule has 0 radical (unpaired) electrons. The topological polar surface area (TPSA) is 26.3 Å². The lowest BCUT2D eigenvalue weighted by Crippen LogP contribution is -1.98. The lowest BCUT2D eigenvalue weighted by atomic mass is 10.2. The van der Waals surface area contributed by atoms with Crippen LogP contribution in [0.3, 0.4) is 0 Å². The molecule has 1 unspecified atom stereocenters. The zero-order valence-corrected chi connectivity index (χ0v) is 10.1. The molecule has 0 aliphatic rings. The van der Waals surface area contributed by atoms with Crippen LogP contribution in [0.5, 0.6) is 0 Å². The highest BCUT2D eigenvalue weighted by molar-refractivity contribution is 7.80. The molecule has 1 aromatic rings. The molecular weight excluding hydrogens is 208 g/mol. The third-order valence-corrected chi connectivity index (χ3v) is 2.89. The lowest BCUT2D eigenvalue weighted by Gasteiger charge is -2.01. The second kappa shape index (κ2) is 5.83. The largest absolute Gasteiger partial charge is 0.283 e. The maximum absolute atomic E-state index is 11.6. The van der Waals surface area contributed by atoms with Gasteiger partial charge in [0.2, 0.25) is 0 Å². The van der Waals surface area contributed by atoms with Gasteiger partial charge < -0.3 is 0 Å². The van der Waals surface area contributed by atoms with Crippen LogP contribution in [0.2, 0.25) is 0 Å². The number of hydrogen-bond donors (Lipinski definition) is 0. The molecule has 0 aromatic heterocycles. The SMILES string of the molecule is CC(C)=CCOS(=O)c1ccc(C)cc1. The summed E-state index contributed by atoms with van der Waals surface area (Å²) < 4.78 is 16.8. The standard InChI is InChI=1S/C12H16O2S/c1-10(2)8-9-14-15(13)12-6-4-11(3)5-7-12/h4-8H,9H2,1-3H3. The molecule has 0 saturated heterocycles. The van der Waals surface area contributed by atoms with E-state index in [-0.39, 0.29) is 0 Å². The quantitative estimate of drug-likeness (QED) is 0.735. The van der Waals surface area contributed by atoms with Crippen LogP contribution in [0.1, 0.15) is 19.4 Å². The molecule has 0 aliphatic carbocycles. The van der Waals surface area contributed by atoms with Crippen molar-refractivity contribution in [1.82, 2.24) is 0 Å². The van der Waals surface area contributed by atoms with Crippen molar-refractivity contribution in [2.45, 2.75) is 25.7 Å². The Morgan fingerprint density at radius 1 is 1.33 bits per heavy atom. The number of rotatable bonds is 4. The molecule has 0 heterocycles. The van der Waals surface area contributed by atoms with Crippen molar-refractivity contribution in [1.29, 1.82) is 0 Å². The van der Waals surface area contributed by atoms with E-state index in [1.54, 1.807) is 0 Å². The number of hydrogen-bond acceptors (Lipinski definition) is 2. The van der Waals surface area contributed by atoms with Gasteiger partial charge in [-0.3, -0.25) is 4.18 Å². The maximum atomic E-state index is 11.6. The number of benzene rings is 1. The second-order valence-electron chi connectivity index (χ2n) is 3.61. The van der Waals surface area contributed by atoms with Crippen molar-refractivity contribution in [3.05, 3.63) is 41.5 Å². The van der Waals surface area contributed by atoms with Gasteiger partial charge in [-0.2, -0.15) is 0 Å². The van der Waals surface area contributed by atoms with Crippen molar-refractivity contribution >= 4 is 11.1 Å². The molecule has 82 valence electrons. The van der Waals surface area contributed by atoms with Gasteiger partial charge in [0.25, 0.3) is 0 Å². The van der Waals surface area contributed by atoms with E-state index in [4.69, 9.17) is 4.18 Å². The summed E-state index contributed by atoms with van der Waals surface area (Å²) in [6, 6.07) is 7.51. The third kappa shape index (κ3) is 4.40. The number of allylic oxidation sites excluding steroid dienone is 1. The van der Waals surface area contributed by atoms with Gasteiger partial charge in [-0.15, -0.1) is 0 Å². The Kier molecular flexibility index (Phi) is 4.72. The summed E-state index contributed by atoms with van der Waals surface area (Å²) in [4.78, 5) is 0.711. The monoisotopic (exact) mass is 224 g/mol. The summed E-state index contributed by atoms with van der Waals surface area (Å²) in [7, 11) is 0. The van der Waals surface area contributed by atoms with Gasteiger partial charge in [-0.05, 0) is 32.9 Å². The normalized spacial score (nSPS) is 12.2. The van der Waals surface area contributed by atoms with E-state index in [1.807, 2.05) is 51.1 Å². The fraction of sp³-hybridized carbons (Fsp3) is 0.333. The third-order valence-electron chi connectivity index (χ3n) is 1.88. The highest BCUT2D eigenvalue weighted by atomic mass is 32.2. The van der Waals surface area contributed by atoms with Crippen molar-refractivity contribution in [2.24, 2.45) is 0 Å². The van der Waals surface area contributed by atoms with Crippen LogP contribution in [0.4, 0.5) is 0 Å². The molecule has 1 rings (SSSR count). The average molecular weight is 224 g/mol. The molecule has 1 atom stereocenters. The minimum absolute atomic E-state index is 0.392. The van der Waals surface area contributed by atoms with Crippen LogP contribution >= 0.6 is 0 Å². The first-order valence-corrected chi connectivity index (χ1v) is 5.92. The molecule has 1 aromatic carbocycles. The molecule has 0 fully saturated rings. The Balaban J connectivity index is 2.54. The predicted molar refractivity (Wildman–Crippen MR) is 63.0 cm³/mol. The van der Waals surface area contributed by atoms with Crippen molar-refractivity contribution in [3.63, 3.8) is 0 Å². The van der Waals surface area contributed by atoms with Gasteiger partial charge in [0, 0.05) is 0 Å². The smallest absolute Gasteiger partial charge is 0.189 e. The van der Waals surface area contributed by atoms with Gasteiger partial charge in [-0.1, -0.05) is 29.3 Å². The van der Waals surface area contributed by atoms with Crippen molar-refractivity contribution in [2.75, 3.05) is 6.61 Å². The Labute approximate surface area is 93.6 Å². The first-order valence-electron chi connectivity index (χ1n) is 4.84. The van der Waals surface area contributed by atoms with Gasteiger partial charge in [0.15, 0.2) is 11.1 Å². The van der Waals surface area contributed by atoms with Crippen LogP contribution < -0.4 is 0 Å². The summed E-state index contributed by atoms with van der Waals surface area (Å²) in [6.07, 6.45) is 1.91. The Morgan fingerprint density at radius 2 is 1.93 bits per heavy atom. The summed E-state index contributed by atoms with van der Waals surface area (Å²) >= 11 is -1.35. The van der Waals surface area contributed by atoms with E-state index in [2.05, 4.69) is 0 Å². The molecule has 3 heteroatoms. The van der Waals surface area contributed by atoms with Gasteiger partial charge in [0.1, 0.15) is 0 Å². The molecule has 0 saturated carbocycles. The van der Waals surface area contributed by atoms with E-state index in [9.17, 15) is 4.21 Å². The molecule has 0 amide bonds. The van der Waals surface area contributed by atoms with E-state index < -0.39 is 11.1 Å². The van der Waals surface area contributed by atoms with Crippen LogP contribution in [0.25, 0.3) is 0 Å². The first kappa shape index (κ1) is 12.1. The van der Waals surface area contributed by atoms with Crippen LogP contribution in [-0.4, -0.2) is 10.8 Å². The van der Waals surface area contributed by atoms with E-state index in [0.717, 1.165) is 11.1 Å². The highest BCUT2D eigenvalue weighted by Gasteiger charge is 2.02. The number of aryl methyl sites for hydroxylation is 1. The maximum Gasteiger partial charge on any atom is 0.189 e. The Bertz CT molecular complexity index is 362. The molecule has 2 nitrogen and oxygen atoms in total. The Hall–Kier alpha value is -0.930. The summed E-state index contributed by atoms with van der Waals surface area (Å²) in [6.45, 7) is 6.36. The molecule has 0 N–H and O–H groups in total. The van der Waals surface area contributed by atoms with Crippen LogP contribution in [0.15, 0.2) is 40.8 Å². The summed E-state index contributed by atoms with van der Waals surface area (Å²) in [5, 5.41) is 0. The average Bonchev–Trinajstić information content (AvgIpc) is 2.18.